The van der Waals surface area contributed by atoms with E-state index in [1.54, 1.807) is 11.6 Å². The fourth-order valence-electron chi connectivity index (χ4n) is 2.30. The zero-order chi connectivity index (χ0) is 15.8. The second-order valence-corrected chi connectivity index (χ2v) is 8.89. The fourth-order valence-corrected chi connectivity index (χ4v) is 4.71. The average Bonchev–Trinajstić information content (AvgIpc) is 2.80. The lowest BCUT2D eigenvalue weighted by Gasteiger charge is -2.32. The van der Waals surface area contributed by atoms with Crippen molar-refractivity contribution < 1.29 is 16.8 Å². The van der Waals surface area contributed by atoms with Gasteiger partial charge in [0.25, 0.3) is 0 Å². The molecule has 0 bridgehead atoms. The number of aryl methyl sites for hydroxylation is 2. The molecule has 1 aromatic heterocycles. The van der Waals surface area contributed by atoms with Crippen molar-refractivity contribution in [1.82, 2.24) is 18.4 Å². The molecule has 0 amide bonds. The summed E-state index contributed by atoms with van der Waals surface area (Å²) < 4.78 is 52.3. The molecule has 8 nitrogen and oxygen atoms in total. The van der Waals surface area contributed by atoms with Gasteiger partial charge in [-0.15, -0.1) is 0 Å². The normalized spacial score (nSPS) is 19.0. The van der Waals surface area contributed by atoms with Gasteiger partial charge in [-0.1, -0.05) is 0 Å². The molecular weight excluding hydrogens is 316 g/mol. The van der Waals surface area contributed by atoms with E-state index in [2.05, 4.69) is 5.10 Å². The summed E-state index contributed by atoms with van der Waals surface area (Å²) in [7, 11) is -6.89. The van der Waals surface area contributed by atoms with Gasteiger partial charge in [-0.3, -0.25) is 4.68 Å². The molecule has 0 unspecified atom stereocenters. The zero-order valence-corrected chi connectivity index (χ0v) is 14.0. The Hall–Kier alpha value is -0.970. The van der Waals surface area contributed by atoms with Crippen molar-refractivity contribution in [2.24, 2.45) is 0 Å². The van der Waals surface area contributed by atoms with E-state index in [0.717, 1.165) is 6.26 Å². The largest absolute Gasteiger partial charge is 0.271 e. The highest BCUT2D eigenvalue weighted by Gasteiger charge is 2.33. The Labute approximate surface area is 125 Å². The Morgan fingerprint density at radius 2 is 1.62 bits per heavy atom. The van der Waals surface area contributed by atoms with Gasteiger partial charge >= 0.3 is 0 Å². The minimum atomic E-state index is -3.62. The molecule has 21 heavy (non-hydrogen) atoms. The summed E-state index contributed by atoms with van der Waals surface area (Å²) in [4.78, 5) is 0.192. The van der Waals surface area contributed by atoms with Crippen molar-refractivity contribution in [3.05, 3.63) is 11.9 Å². The van der Waals surface area contributed by atoms with Crippen LogP contribution in [0.15, 0.2) is 11.1 Å². The van der Waals surface area contributed by atoms with Gasteiger partial charge in [-0.05, 0) is 13.8 Å². The molecule has 0 atom stereocenters. The predicted octanol–water partition coefficient (Wildman–Crippen LogP) is -0.523. The predicted molar refractivity (Wildman–Crippen MR) is 77.8 cm³/mol. The maximum absolute atomic E-state index is 12.6. The van der Waals surface area contributed by atoms with Crippen LogP contribution in [0.25, 0.3) is 0 Å². The Kier molecular flexibility index (Phi) is 4.43. The van der Waals surface area contributed by atoms with Crippen LogP contribution in [0, 0.1) is 6.92 Å². The summed E-state index contributed by atoms with van der Waals surface area (Å²) in [6.45, 7) is 4.81. The summed E-state index contributed by atoms with van der Waals surface area (Å²) in [6.07, 6.45) is 2.65. The standard InChI is InChI=1S/C11H20N4O4S2/c1-4-13-9-11(10(2)12-13)21(18,19)15-7-5-14(6-8-15)20(3,16)17/h9H,4-8H2,1-3H3. The molecule has 1 aliphatic heterocycles. The van der Waals surface area contributed by atoms with Crippen molar-refractivity contribution in [3.63, 3.8) is 0 Å². The molecule has 120 valence electrons. The Bertz CT molecular complexity index is 715. The molecule has 0 N–H and O–H groups in total. The van der Waals surface area contributed by atoms with Crippen LogP contribution in [0.2, 0.25) is 0 Å². The fraction of sp³-hybridized carbons (Fsp3) is 0.727. The number of rotatable bonds is 4. The third kappa shape index (κ3) is 3.28. The summed E-state index contributed by atoms with van der Waals surface area (Å²) >= 11 is 0. The Morgan fingerprint density at radius 3 is 2.05 bits per heavy atom. The molecule has 1 saturated heterocycles. The van der Waals surface area contributed by atoms with Crippen molar-refractivity contribution in [1.29, 1.82) is 0 Å². The minimum Gasteiger partial charge on any atom is -0.271 e. The van der Waals surface area contributed by atoms with Gasteiger partial charge in [-0.2, -0.15) is 13.7 Å². The van der Waals surface area contributed by atoms with Crippen LogP contribution >= 0.6 is 0 Å². The van der Waals surface area contributed by atoms with E-state index >= 15 is 0 Å². The van der Waals surface area contributed by atoms with Crippen LogP contribution in [0.5, 0.6) is 0 Å². The molecule has 0 spiro atoms. The highest BCUT2D eigenvalue weighted by atomic mass is 32.2. The number of piperazine rings is 1. The molecule has 0 saturated carbocycles. The van der Waals surface area contributed by atoms with E-state index in [9.17, 15) is 16.8 Å². The van der Waals surface area contributed by atoms with E-state index in [1.165, 1.54) is 14.8 Å². The monoisotopic (exact) mass is 336 g/mol. The highest BCUT2D eigenvalue weighted by molar-refractivity contribution is 7.89. The molecule has 1 aliphatic rings. The van der Waals surface area contributed by atoms with E-state index in [-0.39, 0.29) is 31.1 Å². The first-order valence-electron chi connectivity index (χ1n) is 6.65. The highest BCUT2D eigenvalue weighted by Crippen LogP contribution is 2.21. The van der Waals surface area contributed by atoms with Crippen molar-refractivity contribution in [3.8, 4) is 0 Å². The molecule has 0 radical (unpaired) electrons. The molecule has 2 rings (SSSR count). The molecule has 2 heterocycles. The molecule has 1 fully saturated rings. The van der Waals surface area contributed by atoms with E-state index < -0.39 is 20.0 Å². The molecular formula is C11H20N4O4S2. The molecule has 1 aromatic rings. The van der Waals surface area contributed by atoms with Gasteiger partial charge in [0.05, 0.1) is 11.9 Å². The van der Waals surface area contributed by atoms with Gasteiger partial charge in [0, 0.05) is 38.9 Å². The second kappa shape index (κ2) is 5.67. The summed E-state index contributed by atoms with van der Waals surface area (Å²) in [5.74, 6) is 0. The van der Waals surface area contributed by atoms with Crippen LogP contribution in [-0.4, -0.2) is 67.7 Å². The first kappa shape index (κ1) is 16.4. The number of aromatic nitrogens is 2. The summed E-state index contributed by atoms with van der Waals surface area (Å²) in [5.41, 5.74) is 0.461. The lowest BCUT2D eigenvalue weighted by molar-refractivity contribution is 0.274. The quantitative estimate of drug-likeness (QED) is 0.737. The third-order valence-electron chi connectivity index (χ3n) is 3.51. The summed E-state index contributed by atoms with van der Waals surface area (Å²) in [5, 5.41) is 4.15. The maximum Gasteiger partial charge on any atom is 0.246 e. The topological polar surface area (TPSA) is 92.6 Å². The van der Waals surface area contributed by atoms with Crippen LogP contribution < -0.4 is 0 Å². The van der Waals surface area contributed by atoms with Gasteiger partial charge in [0.2, 0.25) is 20.0 Å². The lowest BCUT2D eigenvalue weighted by Crippen LogP contribution is -2.50. The van der Waals surface area contributed by atoms with Crippen molar-refractivity contribution >= 4 is 20.0 Å². The van der Waals surface area contributed by atoms with Crippen LogP contribution in [0.1, 0.15) is 12.6 Å². The SMILES string of the molecule is CCn1cc(S(=O)(=O)N2CCN(S(C)(=O)=O)CC2)c(C)n1. The number of hydrogen-bond donors (Lipinski definition) is 0. The van der Waals surface area contributed by atoms with Gasteiger partial charge in [0.15, 0.2) is 0 Å². The smallest absolute Gasteiger partial charge is 0.246 e. The van der Waals surface area contributed by atoms with E-state index in [1.807, 2.05) is 6.92 Å². The second-order valence-electron chi connectivity index (χ2n) is 5.00. The van der Waals surface area contributed by atoms with Crippen LogP contribution in [0.3, 0.4) is 0 Å². The average molecular weight is 336 g/mol. The maximum atomic E-state index is 12.6. The number of nitrogens with zero attached hydrogens (tertiary/aromatic N) is 4. The Morgan fingerprint density at radius 1 is 1.10 bits per heavy atom. The zero-order valence-electron chi connectivity index (χ0n) is 12.4. The van der Waals surface area contributed by atoms with E-state index in [0.29, 0.717) is 12.2 Å². The minimum absolute atomic E-state index is 0.159. The van der Waals surface area contributed by atoms with Crippen LogP contribution in [0.4, 0.5) is 0 Å². The lowest BCUT2D eigenvalue weighted by atomic mass is 10.4. The Balaban J connectivity index is 2.20. The molecule has 10 heteroatoms. The van der Waals surface area contributed by atoms with Gasteiger partial charge in [0.1, 0.15) is 4.90 Å². The third-order valence-corrected chi connectivity index (χ3v) is 6.81. The number of sulfonamides is 2. The van der Waals surface area contributed by atoms with Crippen LogP contribution in [-0.2, 0) is 26.6 Å². The number of hydrogen-bond acceptors (Lipinski definition) is 5. The van der Waals surface area contributed by atoms with E-state index in [4.69, 9.17) is 0 Å². The molecule has 0 aliphatic carbocycles. The van der Waals surface area contributed by atoms with Crippen molar-refractivity contribution in [2.75, 3.05) is 32.4 Å². The first-order valence-corrected chi connectivity index (χ1v) is 9.94. The summed E-state index contributed by atoms with van der Waals surface area (Å²) in [6, 6.07) is 0. The van der Waals surface area contributed by atoms with Crippen molar-refractivity contribution in [2.45, 2.75) is 25.3 Å². The van der Waals surface area contributed by atoms with Gasteiger partial charge in [-0.25, -0.2) is 16.8 Å². The van der Waals surface area contributed by atoms with Gasteiger partial charge < -0.3 is 0 Å². The first-order chi connectivity index (χ1) is 9.66. The molecule has 0 aromatic carbocycles.